The van der Waals surface area contributed by atoms with E-state index in [1.165, 1.54) is 0 Å². The lowest BCUT2D eigenvalue weighted by Gasteiger charge is -2.37. The van der Waals surface area contributed by atoms with E-state index in [-0.39, 0.29) is 5.91 Å². The van der Waals surface area contributed by atoms with Gasteiger partial charge in [-0.05, 0) is 12.1 Å². The standard InChI is InChI=1S/C18H20N4O3/c23-16(22-8-6-18(7-9-22)24-10-11-25-18)14-12-19-17(20-13-14)21-15-4-2-1-3-5-15/h1-5,12-13H,6-11H2,(H,19,20,21). The van der Waals surface area contributed by atoms with Crippen molar-refractivity contribution in [3.63, 3.8) is 0 Å². The van der Waals surface area contributed by atoms with Gasteiger partial charge in [0.1, 0.15) is 0 Å². The molecule has 1 aromatic carbocycles. The third kappa shape index (κ3) is 3.47. The fraction of sp³-hybridized carbons (Fsp3) is 0.389. The van der Waals surface area contributed by atoms with E-state index in [1.54, 1.807) is 17.3 Å². The van der Waals surface area contributed by atoms with E-state index in [0.717, 1.165) is 5.69 Å². The number of hydrogen-bond donors (Lipinski definition) is 1. The molecule has 0 unspecified atom stereocenters. The quantitative estimate of drug-likeness (QED) is 0.923. The molecule has 7 nitrogen and oxygen atoms in total. The van der Waals surface area contributed by atoms with Crippen LogP contribution in [0.15, 0.2) is 42.7 Å². The van der Waals surface area contributed by atoms with Gasteiger partial charge in [-0.3, -0.25) is 4.79 Å². The second-order valence-corrected chi connectivity index (χ2v) is 6.19. The van der Waals surface area contributed by atoms with Gasteiger partial charge in [0.25, 0.3) is 5.91 Å². The maximum Gasteiger partial charge on any atom is 0.256 e. The molecule has 25 heavy (non-hydrogen) atoms. The lowest BCUT2D eigenvalue weighted by molar-refractivity contribution is -0.181. The topological polar surface area (TPSA) is 76.6 Å². The first-order valence-corrected chi connectivity index (χ1v) is 8.45. The summed E-state index contributed by atoms with van der Waals surface area (Å²) >= 11 is 0. The zero-order valence-corrected chi connectivity index (χ0v) is 13.9. The molecule has 2 fully saturated rings. The number of aromatic nitrogens is 2. The number of amides is 1. The molecular formula is C18H20N4O3. The third-order valence-corrected chi connectivity index (χ3v) is 4.55. The molecule has 2 aliphatic rings. The maximum absolute atomic E-state index is 12.6. The first-order chi connectivity index (χ1) is 12.2. The fourth-order valence-corrected chi connectivity index (χ4v) is 3.17. The Morgan fingerprint density at radius 2 is 1.68 bits per heavy atom. The van der Waals surface area contributed by atoms with Crippen LogP contribution in [0.5, 0.6) is 0 Å². The van der Waals surface area contributed by atoms with Crippen LogP contribution < -0.4 is 5.32 Å². The largest absolute Gasteiger partial charge is 0.347 e. The van der Waals surface area contributed by atoms with Crippen LogP contribution in [0.2, 0.25) is 0 Å². The molecule has 3 heterocycles. The van der Waals surface area contributed by atoms with Gasteiger partial charge in [0.05, 0.1) is 18.8 Å². The molecule has 1 aromatic heterocycles. The van der Waals surface area contributed by atoms with Gasteiger partial charge in [0.15, 0.2) is 5.79 Å². The summed E-state index contributed by atoms with van der Waals surface area (Å²) in [7, 11) is 0. The van der Waals surface area contributed by atoms with Crippen LogP contribution in [-0.2, 0) is 9.47 Å². The van der Waals surface area contributed by atoms with E-state index in [4.69, 9.17) is 9.47 Å². The fourth-order valence-electron chi connectivity index (χ4n) is 3.17. The van der Waals surface area contributed by atoms with Crippen molar-refractivity contribution in [3.8, 4) is 0 Å². The van der Waals surface area contributed by atoms with Crippen molar-refractivity contribution >= 4 is 17.5 Å². The van der Waals surface area contributed by atoms with E-state index in [1.807, 2.05) is 30.3 Å². The van der Waals surface area contributed by atoms with Gasteiger partial charge in [-0.15, -0.1) is 0 Å². The van der Waals surface area contributed by atoms with E-state index < -0.39 is 5.79 Å². The van der Waals surface area contributed by atoms with Crippen LogP contribution in [0.25, 0.3) is 0 Å². The average Bonchev–Trinajstić information content (AvgIpc) is 3.11. The molecule has 130 valence electrons. The normalized spacial score (nSPS) is 19.1. The predicted octanol–water partition coefficient (Wildman–Crippen LogP) is 2.20. The number of hydrogen-bond acceptors (Lipinski definition) is 6. The number of rotatable bonds is 3. The SMILES string of the molecule is O=C(c1cnc(Nc2ccccc2)nc1)N1CCC2(CC1)OCCO2. The molecule has 2 saturated heterocycles. The highest BCUT2D eigenvalue weighted by Crippen LogP contribution is 2.31. The predicted molar refractivity (Wildman–Crippen MR) is 91.5 cm³/mol. The van der Waals surface area contributed by atoms with Crippen LogP contribution in [-0.4, -0.2) is 52.9 Å². The molecule has 4 rings (SSSR count). The summed E-state index contributed by atoms with van der Waals surface area (Å²) in [6.45, 7) is 2.50. The van der Waals surface area contributed by atoms with Crippen LogP contribution in [0.3, 0.4) is 0 Å². The molecule has 2 aliphatic heterocycles. The highest BCUT2D eigenvalue weighted by molar-refractivity contribution is 5.93. The second kappa shape index (κ2) is 6.78. The number of para-hydroxylation sites is 1. The Hall–Kier alpha value is -2.51. The number of carbonyl (C=O) groups excluding carboxylic acids is 1. The lowest BCUT2D eigenvalue weighted by Crippen LogP contribution is -2.47. The molecule has 1 N–H and O–H groups in total. The lowest BCUT2D eigenvalue weighted by atomic mass is 10.0. The molecule has 1 spiro atoms. The van der Waals surface area contributed by atoms with Gasteiger partial charge in [0.2, 0.25) is 5.95 Å². The van der Waals surface area contributed by atoms with Crippen molar-refractivity contribution in [1.82, 2.24) is 14.9 Å². The second-order valence-electron chi connectivity index (χ2n) is 6.19. The van der Waals surface area contributed by atoms with Crippen molar-refractivity contribution < 1.29 is 14.3 Å². The summed E-state index contributed by atoms with van der Waals surface area (Å²) in [6.07, 6.45) is 4.53. The summed E-state index contributed by atoms with van der Waals surface area (Å²) in [6, 6.07) is 9.67. The minimum atomic E-state index is -0.475. The Morgan fingerprint density at radius 1 is 1.04 bits per heavy atom. The maximum atomic E-state index is 12.6. The molecule has 0 atom stereocenters. The van der Waals surface area contributed by atoms with Crippen LogP contribution >= 0.6 is 0 Å². The Labute approximate surface area is 146 Å². The average molecular weight is 340 g/mol. The Balaban J connectivity index is 1.38. The minimum Gasteiger partial charge on any atom is -0.347 e. The Kier molecular flexibility index (Phi) is 4.33. The Morgan fingerprint density at radius 3 is 2.32 bits per heavy atom. The Bertz CT molecular complexity index is 720. The molecule has 2 aromatic rings. The monoisotopic (exact) mass is 340 g/mol. The zero-order valence-electron chi connectivity index (χ0n) is 13.9. The van der Waals surface area contributed by atoms with E-state index in [2.05, 4.69) is 15.3 Å². The van der Waals surface area contributed by atoms with E-state index in [0.29, 0.717) is 50.7 Å². The number of ether oxygens (including phenoxy) is 2. The van der Waals surface area contributed by atoms with Gasteiger partial charge < -0.3 is 19.7 Å². The van der Waals surface area contributed by atoms with Crippen LogP contribution in [0.4, 0.5) is 11.6 Å². The highest BCUT2D eigenvalue weighted by atomic mass is 16.7. The molecule has 0 aliphatic carbocycles. The third-order valence-electron chi connectivity index (χ3n) is 4.55. The molecule has 1 amide bonds. The number of nitrogens with zero attached hydrogens (tertiary/aromatic N) is 3. The van der Waals surface area contributed by atoms with Gasteiger partial charge in [-0.2, -0.15) is 0 Å². The summed E-state index contributed by atoms with van der Waals surface area (Å²) in [5, 5.41) is 3.10. The van der Waals surface area contributed by atoms with Crippen LogP contribution in [0.1, 0.15) is 23.2 Å². The first kappa shape index (κ1) is 16.0. The van der Waals surface area contributed by atoms with Gasteiger partial charge >= 0.3 is 0 Å². The zero-order chi connectivity index (χ0) is 17.1. The van der Waals surface area contributed by atoms with Crippen LogP contribution in [0, 0.1) is 0 Å². The smallest absolute Gasteiger partial charge is 0.256 e. The minimum absolute atomic E-state index is 0.0564. The number of likely N-dealkylation sites (tertiary alicyclic amines) is 1. The summed E-state index contributed by atoms with van der Waals surface area (Å²) in [5.41, 5.74) is 1.39. The number of nitrogens with one attached hydrogen (secondary N) is 1. The molecule has 0 saturated carbocycles. The summed E-state index contributed by atoms with van der Waals surface area (Å²) in [4.78, 5) is 22.9. The van der Waals surface area contributed by atoms with Crippen molar-refractivity contribution in [3.05, 3.63) is 48.3 Å². The van der Waals surface area contributed by atoms with Crippen molar-refractivity contribution in [2.45, 2.75) is 18.6 Å². The summed E-state index contributed by atoms with van der Waals surface area (Å²) < 4.78 is 11.4. The number of piperidine rings is 1. The molecule has 0 radical (unpaired) electrons. The van der Waals surface area contributed by atoms with E-state index >= 15 is 0 Å². The number of carbonyl (C=O) groups is 1. The van der Waals surface area contributed by atoms with Gasteiger partial charge in [-0.1, -0.05) is 18.2 Å². The van der Waals surface area contributed by atoms with Crippen molar-refractivity contribution in [2.75, 3.05) is 31.6 Å². The molecule has 7 heteroatoms. The molecule has 0 bridgehead atoms. The molecular weight excluding hydrogens is 320 g/mol. The summed E-state index contributed by atoms with van der Waals surface area (Å²) in [5.74, 6) is -0.0660. The van der Waals surface area contributed by atoms with Crippen molar-refractivity contribution in [2.24, 2.45) is 0 Å². The first-order valence-electron chi connectivity index (χ1n) is 8.45. The van der Waals surface area contributed by atoms with Crippen molar-refractivity contribution in [1.29, 1.82) is 0 Å². The van der Waals surface area contributed by atoms with Gasteiger partial charge in [-0.25, -0.2) is 9.97 Å². The number of anilines is 2. The van der Waals surface area contributed by atoms with Gasteiger partial charge in [0, 0.05) is 44.0 Å². The number of benzene rings is 1. The van der Waals surface area contributed by atoms with E-state index in [9.17, 15) is 4.79 Å². The highest BCUT2D eigenvalue weighted by Gasteiger charge is 2.40.